The van der Waals surface area contributed by atoms with Gasteiger partial charge in [-0.2, -0.15) is 4.39 Å². The van der Waals surface area contributed by atoms with Gasteiger partial charge in [0.25, 0.3) is 0 Å². The summed E-state index contributed by atoms with van der Waals surface area (Å²) in [5.74, 6) is -0.816. The maximum absolute atomic E-state index is 13.5. The molecule has 0 aliphatic heterocycles. The fourth-order valence-electron chi connectivity index (χ4n) is 1.96. The molecule has 5 nitrogen and oxygen atoms in total. The number of benzene rings is 1. The molecule has 0 saturated carbocycles. The summed E-state index contributed by atoms with van der Waals surface area (Å²) in [6.07, 6.45) is 4.09. The van der Waals surface area contributed by atoms with Crippen molar-refractivity contribution in [3.8, 4) is 0 Å². The van der Waals surface area contributed by atoms with Crippen molar-refractivity contribution >= 4 is 11.4 Å². The maximum atomic E-state index is 13.5. The summed E-state index contributed by atoms with van der Waals surface area (Å²) in [5.41, 5.74) is 0.875. The highest BCUT2D eigenvalue weighted by Crippen LogP contribution is 2.29. The standard InChI is InChI=1S/C14H14FN3O2/c1-17(10-7-11-5-8-16-9-6-11)13-4-2-3-12(15)14(13)18(19)20/h2-6,8-9H,7,10H2,1H3. The second kappa shape index (κ2) is 6.10. The Morgan fingerprint density at radius 1 is 1.30 bits per heavy atom. The van der Waals surface area contributed by atoms with E-state index in [1.807, 2.05) is 12.1 Å². The van der Waals surface area contributed by atoms with E-state index < -0.39 is 16.4 Å². The van der Waals surface area contributed by atoms with E-state index in [9.17, 15) is 14.5 Å². The fourth-order valence-corrected chi connectivity index (χ4v) is 1.96. The van der Waals surface area contributed by atoms with Crippen molar-refractivity contribution in [2.45, 2.75) is 6.42 Å². The molecule has 0 amide bonds. The van der Waals surface area contributed by atoms with Crippen molar-refractivity contribution in [1.82, 2.24) is 4.98 Å². The van der Waals surface area contributed by atoms with E-state index in [0.717, 1.165) is 11.6 Å². The van der Waals surface area contributed by atoms with Gasteiger partial charge >= 0.3 is 5.69 Å². The third-order valence-electron chi connectivity index (χ3n) is 3.04. The summed E-state index contributed by atoms with van der Waals surface area (Å²) in [6.45, 7) is 0.550. The van der Waals surface area contributed by atoms with Crippen LogP contribution in [0.15, 0.2) is 42.7 Å². The molecule has 0 atom stereocenters. The number of aromatic nitrogens is 1. The molecule has 1 aromatic heterocycles. The SMILES string of the molecule is CN(CCc1ccncc1)c1cccc(F)c1[N+](=O)[O-]. The molecular weight excluding hydrogens is 261 g/mol. The van der Waals surface area contributed by atoms with Crippen molar-refractivity contribution in [3.63, 3.8) is 0 Å². The molecule has 0 radical (unpaired) electrons. The molecule has 0 saturated heterocycles. The molecule has 0 N–H and O–H groups in total. The molecule has 0 aliphatic carbocycles. The fraction of sp³-hybridized carbons (Fsp3) is 0.214. The number of halogens is 1. The predicted octanol–water partition coefficient (Wildman–Crippen LogP) is 2.81. The Kier molecular flexibility index (Phi) is 4.24. The predicted molar refractivity (Wildman–Crippen MR) is 74.3 cm³/mol. The number of nitrogens with zero attached hydrogens (tertiary/aromatic N) is 3. The van der Waals surface area contributed by atoms with Crippen LogP contribution in [0.25, 0.3) is 0 Å². The van der Waals surface area contributed by atoms with Gasteiger partial charge in [0.1, 0.15) is 5.69 Å². The zero-order valence-electron chi connectivity index (χ0n) is 11.0. The van der Waals surface area contributed by atoms with E-state index in [1.54, 1.807) is 30.4 Å². The van der Waals surface area contributed by atoms with Crippen LogP contribution in [0.1, 0.15) is 5.56 Å². The molecule has 2 rings (SSSR count). The first-order valence-corrected chi connectivity index (χ1v) is 6.12. The van der Waals surface area contributed by atoms with Crippen LogP contribution in [0.3, 0.4) is 0 Å². The Labute approximate surface area is 115 Å². The normalized spacial score (nSPS) is 10.3. The summed E-state index contributed by atoms with van der Waals surface area (Å²) >= 11 is 0. The van der Waals surface area contributed by atoms with Gasteiger partial charge in [0.15, 0.2) is 0 Å². The van der Waals surface area contributed by atoms with Crippen LogP contribution in [0, 0.1) is 15.9 Å². The van der Waals surface area contributed by atoms with Crippen molar-refractivity contribution in [2.24, 2.45) is 0 Å². The van der Waals surface area contributed by atoms with E-state index in [1.165, 1.54) is 6.07 Å². The molecule has 2 aromatic rings. The van der Waals surface area contributed by atoms with E-state index in [-0.39, 0.29) is 5.69 Å². The molecule has 0 spiro atoms. The molecule has 104 valence electrons. The Bertz CT molecular complexity index is 605. The summed E-state index contributed by atoms with van der Waals surface area (Å²) in [6, 6.07) is 7.88. The topological polar surface area (TPSA) is 59.3 Å². The van der Waals surface area contributed by atoms with Crippen LogP contribution in [0.5, 0.6) is 0 Å². The Hall–Kier alpha value is -2.50. The number of likely N-dealkylation sites (N-methyl/N-ethyl adjacent to an activating group) is 1. The average Bonchev–Trinajstić information content (AvgIpc) is 2.45. The van der Waals surface area contributed by atoms with Gasteiger partial charge in [-0.05, 0) is 36.2 Å². The molecule has 20 heavy (non-hydrogen) atoms. The van der Waals surface area contributed by atoms with Crippen LogP contribution >= 0.6 is 0 Å². The number of hydrogen-bond donors (Lipinski definition) is 0. The molecule has 0 unspecified atom stereocenters. The zero-order chi connectivity index (χ0) is 14.5. The number of nitro benzene ring substituents is 1. The quantitative estimate of drug-likeness (QED) is 0.622. The lowest BCUT2D eigenvalue weighted by molar-refractivity contribution is -0.386. The molecule has 6 heteroatoms. The number of nitro groups is 1. The average molecular weight is 275 g/mol. The first-order chi connectivity index (χ1) is 9.59. The summed E-state index contributed by atoms with van der Waals surface area (Å²) < 4.78 is 13.5. The molecule has 1 aromatic carbocycles. The lowest BCUT2D eigenvalue weighted by Gasteiger charge is -2.19. The number of anilines is 1. The highest BCUT2D eigenvalue weighted by molar-refractivity contribution is 5.63. The van der Waals surface area contributed by atoms with Gasteiger partial charge in [0, 0.05) is 26.0 Å². The largest absolute Gasteiger partial charge is 0.369 e. The highest BCUT2D eigenvalue weighted by atomic mass is 19.1. The molecular formula is C14H14FN3O2. The second-order valence-electron chi connectivity index (χ2n) is 4.39. The number of hydrogen-bond acceptors (Lipinski definition) is 4. The molecule has 0 fully saturated rings. The van der Waals surface area contributed by atoms with E-state index in [0.29, 0.717) is 13.0 Å². The van der Waals surface area contributed by atoms with Crippen LogP contribution in [-0.2, 0) is 6.42 Å². The smallest absolute Gasteiger partial charge is 0.327 e. The third kappa shape index (κ3) is 3.09. The summed E-state index contributed by atoms with van der Waals surface area (Å²) in [5, 5.41) is 11.0. The number of para-hydroxylation sites is 1. The van der Waals surface area contributed by atoms with Crippen LogP contribution in [0.2, 0.25) is 0 Å². The minimum atomic E-state index is -0.816. The van der Waals surface area contributed by atoms with E-state index in [4.69, 9.17) is 0 Å². The van der Waals surface area contributed by atoms with Crippen molar-refractivity contribution in [3.05, 3.63) is 64.2 Å². The number of rotatable bonds is 5. The van der Waals surface area contributed by atoms with Gasteiger partial charge < -0.3 is 4.90 Å². The summed E-state index contributed by atoms with van der Waals surface area (Å²) in [4.78, 5) is 15.9. The Balaban J connectivity index is 2.15. The van der Waals surface area contributed by atoms with Crippen molar-refractivity contribution in [2.75, 3.05) is 18.5 Å². The van der Waals surface area contributed by atoms with Crippen LogP contribution in [-0.4, -0.2) is 23.5 Å². The number of pyridine rings is 1. The van der Waals surface area contributed by atoms with Gasteiger partial charge in [-0.3, -0.25) is 15.1 Å². The van der Waals surface area contributed by atoms with Gasteiger partial charge in [0.05, 0.1) is 4.92 Å². The lowest BCUT2D eigenvalue weighted by atomic mass is 10.2. The van der Waals surface area contributed by atoms with Gasteiger partial charge in [0.2, 0.25) is 5.82 Å². The minimum Gasteiger partial charge on any atom is -0.369 e. The Morgan fingerprint density at radius 2 is 2.00 bits per heavy atom. The zero-order valence-corrected chi connectivity index (χ0v) is 11.0. The first-order valence-electron chi connectivity index (χ1n) is 6.12. The van der Waals surface area contributed by atoms with Gasteiger partial charge in [-0.15, -0.1) is 0 Å². The van der Waals surface area contributed by atoms with Crippen LogP contribution < -0.4 is 4.90 Å². The lowest BCUT2D eigenvalue weighted by Crippen LogP contribution is -2.21. The van der Waals surface area contributed by atoms with Gasteiger partial charge in [-0.1, -0.05) is 6.07 Å². The first kappa shape index (κ1) is 13.9. The van der Waals surface area contributed by atoms with Crippen LogP contribution in [0.4, 0.5) is 15.8 Å². The Morgan fingerprint density at radius 3 is 2.65 bits per heavy atom. The molecule has 0 aliphatic rings. The maximum Gasteiger partial charge on any atom is 0.327 e. The molecule has 1 heterocycles. The summed E-state index contributed by atoms with van der Waals surface area (Å²) in [7, 11) is 1.71. The molecule has 0 bridgehead atoms. The third-order valence-corrected chi connectivity index (χ3v) is 3.04. The second-order valence-corrected chi connectivity index (χ2v) is 4.39. The van der Waals surface area contributed by atoms with E-state index in [2.05, 4.69) is 4.98 Å². The van der Waals surface area contributed by atoms with Crippen molar-refractivity contribution < 1.29 is 9.31 Å². The van der Waals surface area contributed by atoms with Crippen molar-refractivity contribution in [1.29, 1.82) is 0 Å². The monoisotopic (exact) mass is 275 g/mol. The highest BCUT2D eigenvalue weighted by Gasteiger charge is 2.22. The van der Waals surface area contributed by atoms with E-state index >= 15 is 0 Å². The minimum absolute atomic E-state index is 0.282. The van der Waals surface area contributed by atoms with Gasteiger partial charge in [-0.25, -0.2) is 0 Å².